The molecule has 1 aliphatic heterocycles. The largest absolute Gasteiger partial charge is 0.481 e. The summed E-state index contributed by atoms with van der Waals surface area (Å²) in [5, 5.41) is 0. The predicted octanol–water partition coefficient (Wildman–Crippen LogP) is 1.61. The summed E-state index contributed by atoms with van der Waals surface area (Å²) in [6.07, 6.45) is -4.71. The second-order valence-electron chi connectivity index (χ2n) is 5.03. The Hall–Kier alpha value is -2.32. The van der Waals surface area contributed by atoms with Gasteiger partial charge in [0.1, 0.15) is 6.54 Å². The van der Waals surface area contributed by atoms with Gasteiger partial charge in [-0.3, -0.25) is 9.59 Å². The molecule has 0 unspecified atom stereocenters. The van der Waals surface area contributed by atoms with Crippen molar-refractivity contribution < 1.29 is 27.5 Å². The van der Waals surface area contributed by atoms with E-state index >= 15 is 0 Å². The van der Waals surface area contributed by atoms with Crippen molar-refractivity contribution in [1.29, 1.82) is 0 Å². The van der Waals surface area contributed by atoms with Crippen LogP contribution >= 0.6 is 0 Å². The molecule has 0 spiro atoms. The van der Waals surface area contributed by atoms with Crippen molar-refractivity contribution in [2.45, 2.75) is 19.0 Å². The monoisotopic (exact) mass is 331 g/mol. The van der Waals surface area contributed by atoms with E-state index in [0.29, 0.717) is 11.6 Å². The van der Waals surface area contributed by atoms with E-state index in [1.807, 2.05) is 0 Å². The van der Waals surface area contributed by atoms with Crippen LogP contribution in [0.15, 0.2) is 18.3 Å². The predicted molar refractivity (Wildman–Crippen MR) is 75.0 cm³/mol. The van der Waals surface area contributed by atoms with Crippen LogP contribution in [0.3, 0.4) is 0 Å². The van der Waals surface area contributed by atoms with E-state index in [4.69, 9.17) is 4.74 Å². The van der Waals surface area contributed by atoms with Crippen LogP contribution in [-0.4, -0.2) is 54.6 Å². The van der Waals surface area contributed by atoms with Gasteiger partial charge in [-0.05, 0) is 6.07 Å². The number of carbonyl (C=O) groups is 2. The molecule has 9 heteroatoms. The molecule has 1 saturated heterocycles. The summed E-state index contributed by atoms with van der Waals surface area (Å²) in [5.41, 5.74) is 0.573. The average molecular weight is 331 g/mol. The first kappa shape index (κ1) is 17.0. The van der Waals surface area contributed by atoms with Crippen molar-refractivity contribution in [2.75, 3.05) is 31.6 Å². The van der Waals surface area contributed by atoms with Crippen molar-refractivity contribution >= 4 is 17.5 Å². The number of anilines is 1. The lowest BCUT2D eigenvalue weighted by molar-refractivity contribution is -0.150. The summed E-state index contributed by atoms with van der Waals surface area (Å²) in [4.78, 5) is 30.5. The molecule has 1 fully saturated rings. The van der Waals surface area contributed by atoms with Gasteiger partial charge in [-0.2, -0.15) is 13.2 Å². The van der Waals surface area contributed by atoms with Crippen LogP contribution < -0.4 is 9.64 Å². The van der Waals surface area contributed by atoms with E-state index in [2.05, 4.69) is 4.98 Å². The fraction of sp³-hybridized carbons (Fsp3) is 0.500. The van der Waals surface area contributed by atoms with Crippen molar-refractivity contribution in [1.82, 2.24) is 9.88 Å². The highest BCUT2D eigenvalue weighted by molar-refractivity contribution is 5.98. The number of pyridine rings is 1. The first-order valence-electron chi connectivity index (χ1n) is 6.95. The number of carbonyl (C=O) groups excluding carboxylic acids is 2. The number of rotatable bonds is 4. The minimum absolute atomic E-state index is 0.188. The molecule has 0 aliphatic carbocycles. The fourth-order valence-electron chi connectivity index (χ4n) is 2.24. The number of halogens is 3. The maximum atomic E-state index is 12.2. The van der Waals surface area contributed by atoms with Crippen LogP contribution in [0.5, 0.6) is 5.88 Å². The summed E-state index contributed by atoms with van der Waals surface area (Å²) < 4.78 is 41.4. The highest BCUT2D eigenvalue weighted by Gasteiger charge is 2.32. The second-order valence-corrected chi connectivity index (χ2v) is 5.03. The van der Waals surface area contributed by atoms with Crippen molar-refractivity contribution in [3.05, 3.63) is 18.3 Å². The highest BCUT2D eigenvalue weighted by Crippen LogP contribution is 2.23. The van der Waals surface area contributed by atoms with Crippen LogP contribution in [0.25, 0.3) is 0 Å². The molecule has 2 rings (SSSR count). The first-order chi connectivity index (χ1) is 10.8. The third-order valence-electron chi connectivity index (χ3n) is 3.43. The maximum absolute atomic E-state index is 12.2. The van der Waals surface area contributed by atoms with Crippen LogP contribution in [0, 0.1) is 0 Å². The SMILES string of the molecule is COc1cc(N2CCN(C(=O)CCC(F)(F)F)CC2=O)ccn1. The fourth-order valence-corrected chi connectivity index (χ4v) is 2.24. The number of hydrogen-bond acceptors (Lipinski definition) is 4. The van der Waals surface area contributed by atoms with Gasteiger partial charge in [0.15, 0.2) is 0 Å². The number of hydrogen-bond donors (Lipinski definition) is 0. The normalized spacial score (nSPS) is 15.7. The van der Waals surface area contributed by atoms with Gasteiger partial charge in [-0.1, -0.05) is 0 Å². The van der Waals surface area contributed by atoms with E-state index in [0.717, 1.165) is 4.90 Å². The van der Waals surface area contributed by atoms with Crippen LogP contribution in [0.1, 0.15) is 12.8 Å². The summed E-state index contributed by atoms with van der Waals surface area (Å²) in [7, 11) is 1.45. The van der Waals surface area contributed by atoms with Gasteiger partial charge in [-0.25, -0.2) is 4.98 Å². The third kappa shape index (κ3) is 4.57. The molecule has 6 nitrogen and oxygen atoms in total. The molecule has 0 N–H and O–H groups in total. The number of amides is 2. The summed E-state index contributed by atoms with van der Waals surface area (Å²) in [6, 6.07) is 3.21. The van der Waals surface area contributed by atoms with Gasteiger partial charge in [0, 0.05) is 31.8 Å². The zero-order valence-electron chi connectivity index (χ0n) is 12.5. The zero-order valence-corrected chi connectivity index (χ0v) is 12.5. The minimum Gasteiger partial charge on any atom is -0.481 e. The van der Waals surface area contributed by atoms with E-state index in [-0.39, 0.29) is 25.5 Å². The standard InChI is InChI=1S/C14H16F3N3O3/c1-23-11-8-10(3-5-18-11)20-7-6-19(9-13(20)22)12(21)2-4-14(15,16)17/h3,5,8H,2,4,6-7,9H2,1H3. The molecule has 2 heterocycles. The number of piperazine rings is 1. The Morgan fingerprint density at radius 2 is 2.13 bits per heavy atom. The Morgan fingerprint density at radius 1 is 1.39 bits per heavy atom. The molecule has 0 bridgehead atoms. The van der Waals surface area contributed by atoms with E-state index in [1.165, 1.54) is 18.2 Å². The highest BCUT2D eigenvalue weighted by atomic mass is 19.4. The number of nitrogens with zero attached hydrogens (tertiary/aromatic N) is 3. The topological polar surface area (TPSA) is 62.7 Å². The average Bonchev–Trinajstić information content (AvgIpc) is 2.51. The van der Waals surface area contributed by atoms with Crippen LogP contribution in [0.2, 0.25) is 0 Å². The molecule has 1 aliphatic rings. The van der Waals surface area contributed by atoms with Crippen molar-refractivity contribution in [3.63, 3.8) is 0 Å². The number of alkyl halides is 3. The summed E-state index contributed by atoms with van der Waals surface area (Å²) in [5.74, 6) is -0.675. The van der Waals surface area contributed by atoms with E-state index < -0.39 is 24.9 Å². The van der Waals surface area contributed by atoms with Gasteiger partial charge < -0.3 is 14.5 Å². The third-order valence-corrected chi connectivity index (χ3v) is 3.43. The number of methoxy groups -OCH3 is 1. The molecule has 23 heavy (non-hydrogen) atoms. The van der Waals surface area contributed by atoms with Gasteiger partial charge in [-0.15, -0.1) is 0 Å². The number of ether oxygens (including phenoxy) is 1. The first-order valence-corrected chi connectivity index (χ1v) is 6.95. The zero-order chi connectivity index (χ0) is 17.0. The molecular weight excluding hydrogens is 315 g/mol. The Kier molecular flexibility index (Phi) is 5.07. The summed E-state index contributed by atoms with van der Waals surface area (Å²) >= 11 is 0. The molecular formula is C14H16F3N3O3. The lowest BCUT2D eigenvalue weighted by Crippen LogP contribution is -2.52. The Labute approximate surface area is 130 Å². The van der Waals surface area contributed by atoms with Crippen LogP contribution in [0.4, 0.5) is 18.9 Å². The molecule has 0 saturated carbocycles. The van der Waals surface area contributed by atoms with Crippen molar-refractivity contribution in [2.24, 2.45) is 0 Å². The minimum atomic E-state index is -4.38. The maximum Gasteiger partial charge on any atom is 0.389 e. The molecule has 0 aromatic carbocycles. The number of aromatic nitrogens is 1. The molecule has 1 aromatic heterocycles. The smallest absolute Gasteiger partial charge is 0.389 e. The molecule has 0 atom stereocenters. The van der Waals surface area contributed by atoms with E-state index in [1.54, 1.807) is 12.1 Å². The molecule has 1 aromatic rings. The molecule has 2 amide bonds. The summed E-state index contributed by atoms with van der Waals surface area (Å²) in [6.45, 7) is 0.165. The Bertz CT molecular complexity index is 592. The van der Waals surface area contributed by atoms with Gasteiger partial charge >= 0.3 is 6.18 Å². The Balaban J connectivity index is 1.97. The lowest BCUT2D eigenvalue weighted by Gasteiger charge is -2.34. The van der Waals surface area contributed by atoms with E-state index in [9.17, 15) is 22.8 Å². The second kappa shape index (κ2) is 6.84. The van der Waals surface area contributed by atoms with Gasteiger partial charge in [0.2, 0.25) is 17.7 Å². The van der Waals surface area contributed by atoms with Crippen LogP contribution in [-0.2, 0) is 9.59 Å². The Morgan fingerprint density at radius 3 is 2.74 bits per heavy atom. The molecule has 126 valence electrons. The van der Waals surface area contributed by atoms with Crippen molar-refractivity contribution in [3.8, 4) is 5.88 Å². The molecule has 0 radical (unpaired) electrons. The lowest BCUT2D eigenvalue weighted by atomic mass is 10.2. The van der Waals surface area contributed by atoms with Gasteiger partial charge in [0.25, 0.3) is 0 Å². The van der Waals surface area contributed by atoms with Gasteiger partial charge in [0.05, 0.1) is 19.2 Å². The quantitative estimate of drug-likeness (QED) is 0.841.